The van der Waals surface area contributed by atoms with Crippen molar-refractivity contribution >= 4 is 0 Å². The summed E-state index contributed by atoms with van der Waals surface area (Å²) in [6.45, 7) is 2.26. The summed E-state index contributed by atoms with van der Waals surface area (Å²) in [7, 11) is 0. The maximum atomic E-state index is 6.15. The van der Waals surface area contributed by atoms with Crippen LogP contribution in [-0.4, -0.2) is 6.04 Å². The van der Waals surface area contributed by atoms with Gasteiger partial charge in [0.05, 0.1) is 0 Å². The van der Waals surface area contributed by atoms with Gasteiger partial charge in [-0.2, -0.15) is 0 Å². The van der Waals surface area contributed by atoms with Crippen molar-refractivity contribution in [2.75, 3.05) is 0 Å². The Kier molecular flexibility index (Phi) is 6.25. The highest BCUT2D eigenvalue weighted by atomic mass is 14.6. The van der Waals surface area contributed by atoms with Gasteiger partial charge in [-0.05, 0) is 18.8 Å². The Balaban J connectivity index is 2.03. The molecule has 0 radical (unpaired) electrons. The van der Waals surface area contributed by atoms with Crippen LogP contribution in [0.4, 0.5) is 0 Å². The number of unbranched alkanes of at least 4 members (excludes halogenated alkanes) is 2. The fourth-order valence-electron chi connectivity index (χ4n) is 2.63. The summed E-state index contributed by atoms with van der Waals surface area (Å²) in [6, 6.07) is 0.490. The van der Waals surface area contributed by atoms with E-state index in [4.69, 9.17) is 5.73 Å². The summed E-state index contributed by atoms with van der Waals surface area (Å²) >= 11 is 0. The van der Waals surface area contributed by atoms with Crippen molar-refractivity contribution in [2.45, 2.75) is 77.2 Å². The molecule has 1 rings (SSSR count). The van der Waals surface area contributed by atoms with E-state index in [1.54, 1.807) is 0 Å². The van der Waals surface area contributed by atoms with E-state index in [-0.39, 0.29) is 0 Å². The largest absolute Gasteiger partial charge is 0.328 e. The third-order valence-electron chi connectivity index (χ3n) is 3.54. The summed E-state index contributed by atoms with van der Waals surface area (Å²) in [5, 5.41) is 0. The van der Waals surface area contributed by atoms with E-state index in [1.165, 1.54) is 64.2 Å². The van der Waals surface area contributed by atoms with Crippen LogP contribution in [0.3, 0.4) is 0 Å². The lowest BCUT2D eigenvalue weighted by Crippen LogP contribution is -2.24. The Morgan fingerprint density at radius 1 is 1.14 bits per heavy atom. The molecule has 0 amide bonds. The molecule has 84 valence electrons. The van der Waals surface area contributed by atoms with Crippen LogP contribution < -0.4 is 5.73 Å². The molecule has 1 aliphatic carbocycles. The summed E-state index contributed by atoms with van der Waals surface area (Å²) in [5.74, 6) is 0.959. The Morgan fingerprint density at radius 2 is 1.86 bits per heavy atom. The van der Waals surface area contributed by atoms with Gasteiger partial charge in [0, 0.05) is 6.04 Å². The maximum absolute atomic E-state index is 6.15. The van der Waals surface area contributed by atoms with E-state index in [2.05, 4.69) is 6.92 Å². The van der Waals surface area contributed by atoms with E-state index in [9.17, 15) is 0 Å². The van der Waals surface area contributed by atoms with Gasteiger partial charge in [0.15, 0.2) is 0 Å². The first-order valence-electron chi connectivity index (χ1n) is 6.58. The molecule has 1 unspecified atom stereocenters. The molecular formula is C13H27N. The second-order valence-corrected chi connectivity index (χ2v) is 5.00. The second-order valence-electron chi connectivity index (χ2n) is 5.00. The van der Waals surface area contributed by atoms with Crippen molar-refractivity contribution in [3.63, 3.8) is 0 Å². The molecule has 0 aromatic carbocycles. The maximum Gasteiger partial charge on any atom is 0.00414 e. The highest BCUT2D eigenvalue weighted by Crippen LogP contribution is 2.27. The topological polar surface area (TPSA) is 26.0 Å². The summed E-state index contributed by atoms with van der Waals surface area (Å²) in [6.07, 6.45) is 13.8. The van der Waals surface area contributed by atoms with Crippen LogP contribution in [0.1, 0.15) is 71.1 Å². The molecule has 0 saturated heterocycles. The van der Waals surface area contributed by atoms with Crippen molar-refractivity contribution < 1.29 is 0 Å². The molecule has 0 aliphatic heterocycles. The third kappa shape index (κ3) is 4.99. The molecule has 0 aromatic rings. The van der Waals surface area contributed by atoms with E-state index >= 15 is 0 Å². The van der Waals surface area contributed by atoms with Crippen molar-refractivity contribution in [3.05, 3.63) is 0 Å². The molecule has 2 N–H and O–H groups in total. The molecule has 1 atom stereocenters. The van der Waals surface area contributed by atoms with Crippen molar-refractivity contribution in [1.82, 2.24) is 0 Å². The van der Waals surface area contributed by atoms with Crippen molar-refractivity contribution in [2.24, 2.45) is 11.7 Å². The van der Waals surface area contributed by atoms with Crippen LogP contribution in [0.5, 0.6) is 0 Å². The van der Waals surface area contributed by atoms with Gasteiger partial charge in [0.2, 0.25) is 0 Å². The lowest BCUT2D eigenvalue weighted by atomic mass is 9.84. The van der Waals surface area contributed by atoms with Crippen LogP contribution in [0, 0.1) is 5.92 Å². The summed E-state index contributed by atoms with van der Waals surface area (Å²) < 4.78 is 0. The summed E-state index contributed by atoms with van der Waals surface area (Å²) in [4.78, 5) is 0. The average molecular weight is 197 g/mol. The molecule has 1 heteroatoms. The minimum absolute atomic E-state index is 0.490. The molecule has 0 spiro atoms. The molecule has 0 aromatic heterocycles. The number of hydrogen-bond acceptors (Lipinski definition) is 1. The van der Waals surface area contributed by atoms with E-state index in [0.29, 0.717) is 6.04 Å². The van der Waals surface area contributed by atoms with Crippen LogP contribution in [0.15, 0.2) is 0 Å². The molecule has 1 aliphatic rings. The number of rotatable bonds is 6. The lowest BCUT2D eigenvalue weighted by Gasteiger charge is -2.24. The van der Waals surface area contributed by atoms with Gasteiger partial charge in [-0.1, -0.05) is 58.3 Å². The van der Waals surface area contributed by atoms with Gasteiger partial charge in [-0.15, -0.1) is 0 Å². The van der Waals surface area contributed by atoms with E-state index < -0.39 is 0 Å². The predicted octanol–water partition coefficient (Wildman–Crippen LogP) is 3.86. The van der Waals surface area contributed by atoms with Crippen LogP contribution >= 0.6 is 0 Å². The van der Waals surface area contributed by atoms with Gasteiger partial charge >= 0.3 is 0 Å². The minimum atomic E-state index is 0.490. The molecule has 1 fully saturated rings. The molecule has 0 bridgehead atoms. The zero-order valence-corrected chi connectivity index (χ0v) is 9.80. The monoisotopic (exact) mass is 197 g/mol. The Morgan fingerprint density at radius 3 is 2.50 bits per heavy atom. The predicted molar refractivity (Wildman–Crippen MR) is 63.3 cm³/mol. The molecular weight excluding hydrogens is 170 g/mol. The number of nitrogens with two attached hydrogens (primary N) is 1. The third-order valence-corrected chi connectivity index (χ3v) is 3.54. The highest BCUT2D eigenvalue weighted by molar-refractivity contribution is 4.72. The molecule has 0 heterocycles. The Labute approximate surface area is 89.5 Å². The quantitative estimate of drug-likeness (QED) is 0.643. The normalized spacial score (nSPS) is 21.0. The van der Waals surface area contributed by atoms with E-state index in [0.717, 1.165) is 5.92 Å². The fourth-order valence-corrected chi connectivity index (χ4v) is 2.63. The molecule has 14 heavy (non-hydrogen) atoms. The van der Waals surface area contributed by atoms with Crippen molar-refractivity contribution in [1.29, 1.82) is 0 Å². The highest BCUT2D eigenvalue weighted by Gasteiger charge is 2.16. The average Bonchev–Trinajstić information content (AvgIpc) is 2.20. The van der Waals surface area contributed by atoms with E-state index in [1.807, 2.05) is 0 Å². The molecule has 1 saturated carbocycles. The van der Waals surface area contributed by atoms with Gasteiger partial charge in [0.25, 0.3) is 0 Å². The first-order chi connectivity index (χ1) is 6.83. The fraction of sp³-hybridized carbons (Fsp3) is 1.00. The second kappa shape index (κ2) is 7.28. The van der Waals surface area contributed by atoms with Crippen molar-refractivity contribution in [3.8, 4) is 0 Å². The minimum Gasteiger partial charge on any atom is -0.328 e. The van der Waals surface area contributed by atoms with Crippen LogP contribution in [-0.2, 0) is 0 Å². The first kappa shape index (κ1) is 12.0. The Hall–Kier alpha value is -0.0400. The Bertz CT molecular complexity index is 127. The number of hydrogen-bond donors (Lipinski definition) is 1. The summed E-state index contributed by atoms with van der Waals surface area (Å²) in [5.41, 5.74) is 6.15. The first-order valence-corrected chi connectivity index (χ1v) is 6.58. The van der Waals surface area contributed by atoms with Gasteiger partial charge < -0.3 is 5.73 Å². The SMILES string of the molecule is CCCCCC(N)CC1CCCCC1. The van der Waals surface area contributed by atoms with Gasteiger partial charge in [0.1, 0.15) is 0 Å². The smallest absolute Gasteiger partial charge is 0.00414 e. The standard InChI is InChI=1S/C13H27N/c1-2-3-5-10-13(14)11-12-8-6-4-7-9-12/h12-13H,2-11,14H2,1H3. The lowest BCUT2D eigenvalue weighted by molar-refractivity contribution is 0.310. The zero-order valence-electron chi connectivity index (χ0n) is 9.80. The molecule has 1 nitrogen and oxygen atoms in total. The van der Waals surface area contributed by atoms with Crippen LogP contribution in [0.2, 0.25) is 0 Å². The van der Waals surface area contributed by atoms with Gasteiger partial charge in [-0.3, -0.25) is 0 Å². The van der Waals surface area contributed by atoms with Crippen LogP contribution in [0.25, 0.3) is 0 Å². The van der Waals surface area contributed by atoms with Gasteiger partial charge in [-0.25, -0.2) is 0 Å². The zero-order chi connectivity index (χ0) is 10.2.